The molecule has 0 N–H and O–H groups in total. The average molecular weight is 345 g/mol. The zero-order valence-electron chi connectivity index (χ0n) is 14.6. The summed E-state index contributed by atoms with van der Waals surface area (Å²) in [7, 11) is 0. The monoisotopic (exact) mass is 344 g/mol. The first-order chi connectivity index (χ1) is 10.8. The van der Waals surface area contributed by atoms with Crippen LogP contribution in [0, 0.1) is 0 Å². The maximum atomic E-state index is 4.48. The number of benzene rings is 2. The van der Waals surface area contributed by atoms with Gasteiger partial charge in [-0.2, -0.15) is 25.3 Å². The number of hydrogen-bond donors (Lipinski definition) is 2. The predicted octanol–water partition coefficient (Wildman–Crippen LogP) is 5.73. The molecule has 2 aromatic rings. The molecule has 0 spiro atoms. The highest BCUT2D eigenvalue weighted by atomic mass is 32.1. The molecular weight excluding hydrogens is 316 g/mol. The minimum atomic E-state index is 0.0101. The minimum Gasteiger partial charge on any atom is -0.176 e. The molecule has 0 bridgehead atoms. The zero-order chi connectivity index (χ0) is 17.0. The molecule has 0 aliphatic carbocycles. The SMILES string of the molecule is CC(S)Cc1ccc(C(C)(C)c2ccc(CC(C)S)cc2)cc1. The average Bonchev–Trinajstić information content (AvgIpc) is 2.47. The lowest BCUT2D eigenvalue weighted by Crippen LogP contribution is -2.19. The summed E-state index contributed by atoms with van der Waals surface area (Å²) in [6, 6.07) is 18.0. The van der Waals surface area contributed by atoms with E-state index in [9.17, 15) is 0 Å². The van der Waals surface area contributed by atoms with Crippen LogP contribution >= 0.6 is 25.3 Å². The van der Waals surface area contributed by atoms with Gasteiger partial charge in [-0.25, -0.2) is 0 Å². The van der Waals surface area contributed by atoms with Crippen LogP contribution < -0.4 is 0 Å². The van der Waals surface area contributed by atoms with E-state index in [0.29, 0.717) is 10.5 Å². The normalized spacial score (nSPS) is 14.5. The van der Waals surface area contributed by atoms with Gasteiger partial charge in [0.05, 0.1) is 0 Å². The lowest BCUT2D eigenvalue weighted by Gasteiger charge is -2.27. The zero-order valence-corrected chi connectivity index (χ0v) is 16.4. The summed E-state index contributed by atoms with van der Waals surface area (Å²) in [5, 5.41) is 0.797. The molecule has 0 saturated carbocycles. The van der Waals surface area contributed by atoms with Crippen molar-refractivity contribution in [2.24, 2.45) is 0 Å². The van der Waals surface area contributed by atoms with Gasteiger partial charge in [-0.1, -0.05) is 76.2 Å². The molecule has 2 aromatic carbocycles. The fraction of sp³-hybridized carbons (Fsp3) is 0.429. The standard InChI is InChI=1S/C21H28S2/c1-15(22)13-17-5-9-19(10-6-17)21(3,4)20-11-7-18(8-12-20)14-16(2)23/h5-12,15-16,22-23H,13-14H2,1-4H3. The summed E-state index contributed by atoms with van der Waals surface area (Å²) in [4.78, 5) is 0. The molecule has 2 rings (SSSR count). The molecule has 0 aliphatic rings. The lowest BCUT2D eigenvalue weighted by atomic mass is 9.77. The molecule has 2 atom stereocenters. The van der Waals surface area contributed by atoms with Crippen molar-refractivity contribution in [3.63, 3.8) is 0 Å². The largest absolute Gasteiger partial charge is 0.176 e. The first-order valence-corrected chi connectivity index (χ1v) is 9.37. The van der Waals surface area contributed by atoms with Crippen molar-refractivity contribution in [1.82, 2.24) is 0 Å². The Kier molecular flexibility index (Phi) is 6.27. The molecule has 23 heavy (non-hydrogen) atoms. The van der Waals surface area contributed by atoms with Gasteiger partial charge in [0.15, 0.2) is 0 Å². The Morgan fingerprint density at radius 1 is 0.696 bits per heavy atom. The molecular formula is C21H28S2. The van der Waals surface area contributed by atoms with E-state index < -0.39 is 0 Å². The summed E-state index contributed by atoms with van der Waals surface area (Å²) >= 11 is 8.95. The highest BCUT2D eigenvalue weighted by molar-refractivity contribution is 7.81. The molecule has 0 aromatic heterocycles. The summed E-state index contributed by atoms with van der Waals surface area (Å²) in [5.74, 6) is 0. The molecule has 2 heteroatoms. The van der Waals surface area contributed by atoms with E-state index in [4.69, 9.17) is 0 Å². The van der Waals surface area contributed by atoms with Crippen LogP contribution in [0.4, 0.5) is 0 Å². The van der Waals surface area contributed by atoms with Crippen LogP contribution in [0.2, 0.25) is 0 Å². The van der Waals surface area contributed by atoms with E-state index in [1.807, 2.05) is 0 Å². The summed E-state index contributed by atoms with van der Waals surface area (Å²) in [6.07, 6.45) is 2.03. The topological polar surface area (TPSA) is 0 Å². The molecule has 0 amide bonds. The minimum absolute atomic E-state index is 0.0101. The van der Waals surface area contributed by atoms with Gasteiger partial charge in [0, 0.05) is 15.9 Å². The molecule has 0 nitrogen and oxygen atoms in total. The van der Waals surface area contributed by atoms with Crippen LogP contribution in [0.25, 0.3) is 0 Å². The van der Waals surface area contributed by atoms with Crippen LogP contribution in [0.5, 0.6) is 0 Å². The van der Waals surface area contributed by atoms with Gasteiger partial charge in [-0.3, -0.25) is 0 Å². The third-order valence-electron chi connectivity index (χ3n) is 4.41. The van der Waals surface area contributed by atoms with E-state index in [1.165, 1.54) is 22.3 Å². The lowest BCUT2D eigenvalue weighted by molar-refractivity contribution is 0.640. The maximum Gasteiger partial charge on any atom is 0.0146 e. The highest BCUT2D eigenvalue weighted by Crippen LogP contribution is 2.32. The maximum absolute atomic E-state index is 4.48. The van der Waals surface area contributed by atoms with Gasteiger partial charge in [-0.05, 0) is 35.1 Å². The van der Waals surface area contributed by atoms with E-state index in [-0.39, 0.29) is 5.41 Å². The number of hydrogen-bond acceptors (Lipinski definition) is 2. The van der Waals surface area contributed by atoms with Crippen molar-refractivity contribution in [1.29, 1.82) is 0 Å². The summed E-state index contributed by atoms with van der Waals surface area (Å²) in [5.41, 5.74) is 5.41. The van der Waals surface area contributed by atoms with Crippen molar-refractivity contribution in [2.75, 3.05) is 0 Å². The van der Waals surface area contributed by atoms with E-state index in [2.05, 4.69) is 101 Å². The van der Waals surface area contributed by atoms with Crippen molar-refractivity contribution in [3.8, 4) is 0 Å². The summed E-state index contributed by atoms with van der Waals surface area (Å²) < 4.78 is 0. The van der Waals surface area contributed by atoms with Crippen LogP contribution in [0.15, 0.2) is 48.5 Å². The van der Waals surface area contributed by atoms with Crippen LogP contribution in [0.3, 0.4) is 0 Å². The number of thiol groups is 2. The van der Waals surface area contributed by atoms with E-state index >= 15 is 0 Å². The molecule has 2 unspecified atom stereocenters. The van der Waals surface area contributed by atoms with E-state index in [0.717, 1.165) is 12.8 Å². The van der Waals surface area contributed by atoms with Crippen molar-refractivity contribution >= 4 is 25.3 Å². The molecule has 0 radical (unpaired) electrons. The molecule has 0 aliphatic heterocycles. The predicted molar refractivity (Wildman–Crippen MR) is 109 cm³/mol. The number of rotatable bonds is 6. The molecule has 0 saturated heterocycles. The smallest absolute Gasteiger partial charge is 0.0146 e. The van der Waals surface area contributed by atoms with Crippen molar-refractivity contribution in [3.05, 3.63) is 70.8 Å². The van der Waals surface area contributed by atoms with Crippen molar-refractivity contribution < 1.29 is 0 Å². The van der Waals surface area contributed by atoms with E-state index in [1.54, 1.807) is 0 Å². The molecule has 0 heterocycles. The van der Waals surface area contributed by atoms with Gasteiger partial charge < -0.3 is 0 Å². The Bertz CT molecular complexity index is 552. The van der Waals surface area contributed by atoms with Crippen molar-refractivity contribution in [2.45, 2.75) is 56.5 Å². The Hall–Kier alpha value is -0.860. The highest BCUT2D eigenvalue weighted by Gasteiger charge is 2.23. The first kappa shape index (κ1) is 18.5. The van der Waals surface area contributed by atoms with Crippen LogP contribution in [0.1, 0.15) is 49.9 Å². The third-order valence-corrected chi connectivity index (χ3v) is 4.78. The second-order valence-electron chi connectivity index (χ2n) is 7.13. The first-order valence-electron chi connectivity index (χ1n) is 8.34. The second kappa shape index (κ2) is 7.81. The van der Waals surface area contributed by atoms with Gasteiger partial charge in [0.2, 0.25) is 0 Å². The Labute approximate surface area is 152 Å². The van der Waals surface area contributed by atoms with Gasteiger partial charge in [0.25, 0.3) is 0 Å². The van der Waals surface area contributed by atoms with Crippen LogP contribution in [-0.4, -0.2) is 10.5 Å². The summed E-state index contributed by atoms with van der Waals surface area (Å²) in [6.45, 7) is 8.85. The fourth-order valence-corrected chi connectivity index (χ4v) is 3.39. The quantitative estimate of drug-likeness (QED) is 0.614. The fourth-order valence-electron chi connectivity index (χ4n) is 2.96. The molecule has 0 fully saturated rings. The third kappa shape index (κ3) is 5.06. The van der Waals surface area contributed by atoms with Gasteiger partial charge in [0.1, 0.15) is 0 Å². The van der Waals surface area contributed by atoms with Gasteiger partial charge >= 0.3 is 0 Å². The Morgan fingerprint density at radius 3 is 1.26 bits per heavy atom. The Balaban J connectivity index is 2.19. The van der Waals surface area contributed by atoms with Gasteiger partial charge in [-0.15, -0.1) is 0 Å². The Morgan fingerprint density at radius 2 is 1.00 bits per heavy atom. The molecule has 124 valence electrons. The second-order valence-corrected chi connectivity index (χ2v) is 8.89. The van der Waals surface area contributed by atoms with Crippen LogP contribution in [-0.2, 0) is 18.3 Å².